The molecule has 0 aliphatic carbocycles. The Morgan fingerprint density at radius 1 is 1.05 bits per heavy atom. The van der Waals surface area contributed by atoms with Gasteiger partial charge in [0.15, 0.2) is 23.2 Å². The van der Waals surface area contributed by atoms with E-state index >= 15 is 0 Å². The van der Waals surface area contributed by atoms with Gasteiger partial charge < -0.3 is 14.4 Å². The molecule has 8 heteroatoms. The van der Waals surface area contributed by atoms with Crippen LogP contribution in [0.3, 0.4) is 0 Å². The van der Waals surface area contributed by atoms with Gasteiger partial charge >= 0.3 is 0 Å². The van der Waals surface area contributed by atoms with Crippen LogP contribution in [0, 0.1) is 26.6 Å². The van der Waals surface area contributed by atoms with E-state index in [0.29, 0.717) is 56.2 Å². The van der Waals surface area contributed by atoms with Gasteiger partial charge in [-0.2, -0.15) is 0 Å². The summed E-state index contributed by atoms with van der Waals surface area (Å²) in [5.41, 5.74) is 6.15. The van der Waals surface area contributed by atoms with E-state index in [0.717, 1.165) is 5.56 Å². The maximum atomic E-state index is 14.0. The number of hydrogen-bond acceptors (Lipinski definition) is 6. The summed E-state index contributed by atoms with van der Waals surface area (Å²) in [4.78, 5) is 23.0. The molecule has 1 aromatic heterocycles. The average molecular weight is 516 g/mol. The molecule has 0 fully saturated rings. The van der Waals surface area contributed by atoms with Gasteiger partial charge in [0, 0.05) is 22.7 Å². The summed E-state index contributed by atoms with van der Waals surface area (Å²) >= 11 is 0. The zero-order chi connectivity index (χ0) is 27.4. The molecule has 0 saturated carbocycles. The molecular formula is C30H30FN3O4. The SMILES string of the molecule is Cc1cc(F)cc(C)c1Oc1ccc(C(C)(C)O)cc1-n1cc(C)c(=O)c2ccc(C3=NC(C)ON3)cc21. The number of nitrogens with zero attached hydrogens (tertiary/aromatic N) is 2. The second kappa shape index (κ2) is 9.38. The number of benzene rings is 3. The number of hydroxylamine groups is 1. The van der Waals surface area contributed by atoms with E-state index in [-0.39, 0.29) is 17.5 Å². The molecule has 0 bridgehead atoms. The Labute approximate surface area is 220 Å². The Balaban J connectivity index is 1.78. The average Bonchev–Trinajstić information content (AvgIpc) is 3.29. The summed E-state index contributed by atoms with van der Waals surface area (Å²) in [6, 6.07) is 13.8. The van der Waals surface area contributed by atoms with E-state index in [4.69, 9.17) is 9.57 Å². The molecule has 7 nitrogen and oxygen atoms in total. The van der Waals surface area contributed by atoms with Crippen molar-refractivity contribution in [3.63, 3.8) is 0 Å². The monoisotopic (exact) mass is 515 g/mol. The third-order valence-corrected chi connectivity index (χ3v) is 6.66. The van der Waals surface area contributed by atoms with Crippen LogP contribution in [0.1, 0.15) is 48.6 Å². The summed E-state index contributed by atoms with van der Waals surface area (Å²) < 4.78 is 22.3. The van der Waals surface area contributed by atoms with Crippen molar-refractivity contribution in [3.8, 4) is 17.2 Å². The van der Waals surface area contributed by atoms with E-state index in [1.54, 1.807) is 59.0 Å². The molecule has 4 aromatic rings. The first-order valence-electron chi connectivity index (χ1n) is 12.4. The van der Waals surface area contributed by atoms with Gasteiger partial charge in [0.25, 0.3) is 0 Å². The Morgan fingerprint density at radius 3 is 2.39 bits per heavy atom. The van der Waals surface area contributed by atoms with E-state index in [2.05, 4.69) is 10.5 Å². The van der Waals surface area contributed by atoms with Crippen molar-refractivity contribution >= 4 is 16.7 Å². The highest BCUT2D eigenvalue weighted by Gasteiger charge is 2.22. The minimum Gasteiger partial charge on any atom is -0.455 e. The molecular weight excluding hydrogens is 485 g/mol. The van der Waals surface area contributed by atoms with Crippen molar-refractivity contribution in [3.05, 3.63) is 98.6 Å². The van der Waals surface area contributed by atoms with Crippen molar-refractivity contribution in [1.29, 1.82) is 0 Å². The molecule has 0 spiro atoms. The highest BCUT2D eigenvalue weighted by Crippen LogP contribution is 2.37. The van der Waals surface area contributed by atoms with Crippen molar-refractivity contribution in [2.24, 2.45) is 4.99 Å². The molecule has 3 aromatic carbocycles. The van der Waals surface area contributed by atoms with E-state index in [1.165, 1.54) is 12.1 Å². The number of rotatable bonds is 5. The molecule has 0 saturated heterocycles. The molecule has 1 unspecified atom stereocenters. The second-order valence-electron chi connectivity index (χ2n) is 10.3. The van der Waals surface area contributed by atoms with E-state index in [9.17, 15) is 14.3 Å². The number of fused-ring (bicyclic) bond motifs is 1. The fraction of sp³-hybridized carbons (Fsp3) is 0.267. The number of aryl methyl sites for hydroxylation is 3. The predicted octanol–water partition coefficient (Wildman–Crippen LogP) is 5.70. The minimum atomic E-state index is -1.12. The Kier molecular flexibility index (Phi) is 6.33. The Hall–Kier alpha value is -4.01. The van der Waals surface area contributed by atoms with Gasteiger partial charge in [-0.25, -0.2) is 19.7 Å². The van der Waals surface area contributed by atoms with Crippen LogP contribution in [0.4, 0.5) is 4.39 Å². The van der Waals surface area contributed by atoms with Gasteiger partial charge in [-0.15, -0.1) is 0 Å². The van der Waals surface area contributed by atoms with E-state index in [1.807, 2.05) is 29.7 Å². The number of hydrogen-bond donors (Lipinski definition) is 2. The highest BCUT2D eigenvalue weighted by atomic mass is 19.1. The molecule has 5 rings (SSSR count). The minimum absolute atomic E-state index is 0.0833. The number of nitrogens with one attached hydrogen (secondary N) is 1. The zero-order valence-corrected chi connectivity index (χ0v) is 22.2. The fourth-order valence-corrected chi connectivity index (χ4v) is 4.65. The van der Waals surface area contributed by atoms with Crippen molar-refractivity contribution in [2.45, 2.75) is 53.4 Å². The normalized spacial score (nSPS) is 15.5. The summed E-state index contributed by atoms with van der Waals surface area (Å²) in [5, 5.41) is 11.3. The van der Waals surface area contributed by atoms with Gasteiger partial charge in [0.05, 0.1) is 16.8 Å². The maximum absolute atomic E-state index is 14.0. The summed E-state index contributed by atoms with van der Waals surface area (Å²) in [6.07, 6.45) is 1.43. The van der Waals surface area contributed by atoms with Crippen molar-refractivity contribution < 1.29 is 19.1 Å². The van der Waals surface area contributed by atoms with Gasteiger partial charge in [0.1, 0.15) is 11.6 Å². The molecule has 0 radical (unpaired) electrons. The standard InChI is InChI=1S/C30H30FN3O4/c1-16-11-22(31)12-17(2)28(16)37-26-10-8-21(30(5,6)36)14-25(26)34-15-18(3)27(35)23-9-7-20(13-24(23)34)29-32-19(4)38-33-29/h7-15,19,36H,1-6H3,(H,32,33). The molecule has 1 aliphatic rings. The van der Waals surface area contributed by atoms with Gasteiger partial charge in [0.2, 0.25) is 0 Å². The molecule has 1 aliphatic heterocycles. The fourth-order valence-electron chi connectivity index (χ4n) is 4.65. The van der Waals surface area contributed by atoms with Gasteiger partial charge in [-0.3, -0.25) is 4.79 Å². The third kappa shape index (κ3) is 4.68. The number of aromatic nitrogens is 1. The van der Waals surface area contributed by atoms with E-state index < -0.39 is 5.60 Å². The number of aliphatic hydroxyl groups is 1. The van der Waals surface area contributed by atoms with Crippen LogP contribution < -0.4 is 15.6 Å². The van der Waals surface area contributed by atoms with Crippen molar-refractivity contribution in [1.82, 2.24) is 10.0 Å². The summed E-state index contributed by atoms with van der Waals surface area (Å²) in [5.74, 6) is 1.26. The lowest BCUT2D eigenvalue weighted by Crippen LogP contribution is -2.20. The number of aliphatic imine (C=N–C) groups is 1. The molecule has 0 amide bonds. The Morgan fingerprint density at radius 2 is 1.76 bits per heavy atom. The first-order chi connectivity index (χ1) is 17.9. The zero-order valence-electron chi connectivity index (χ0n) is 22.2. The molecule has 1 atom stereocenters. The van der Waals surface area contributed by atoms with Gasteiger partial charge in [-0.1, -0.05) is 12.1 Å². The number of pyridine rings is 1. The van der Waals surface area contributed by atoms with Crippen LogP contribution in [0.5, 0.6) is 11.5 Å². The predicted molar refractivity (Wildman–Crippen MR) is 146 cm³/mol. The number of ether oxygens (including phenoxy) is 1. The molecule has 2 N–H and O–H groups in total. The highest BCUT2D eigenvalue weighted by molar-refractivity contribution is 6.01. The number of halogens is 1. The largest absolute Gasteiger partial charge is 0.455 e. The summed E-state index contributed by atoms with van der Waals surface area (Å²) in [7, 11) is 0. The third-order valence-electron chi connectivity index (χ3n) is 6.66. The molecule has 196 valence electrons. The van der Waals surface area contributed by atoms with Crippen LogP contribution in [0.2, 0.25) is 0 Å². The maximum Gasteiger partial charge on any atom is 0.192 e. The molecule has 2 heterocycles. The van der Waals surface area contributed by atoms with Gasteiger partial charge in [-0.05, 0) is 94.6 Å². The first kappa shape index (κ1) is 25.6. The Bertz CT molecular complexity index is 1640. The lowest BCUT2D eigenvalue weighted by Gasteiger charge is -2.23. The van der Waals surface area contributed by atoms with Crippen LogP contribution in [0.25, 0.3) is 16.6 Å². The smallest absolute Gasteiger partial charge is 0.192 e. The van der Waals surface area contributed by atoms with Crippen molar-refractivity contribution in [2.75, 3.05) is 0 Å². The molecule has 38 heavy (non-hydrogen) atoms. The first-order valence-corrected chi connectivity index (χ1v) is 12.4. The summed E-state index contributed by atoms with van der Waals surface area (Å²) in [6.45, 7) is 10.6. The van der Waals surface area contributed by atoms with Crippen LogP contribution in [-0.4, -0.2) is 21.7 Å². The van der Waals surface area contributed by atoms with Crippen LogP contribution >= 0.6 is 0 Å². The lowest BCUT2D eigenvalue weighted by molar-refractivity contribution is 0.0504. The van der Waals surface area contributed by atoms with Crippen LogP contribution in [0.15, 0.2) is 64.5 Å². The van der Waals surface area contributed by atoms with Crippen LogP contribution in [-0.2, 0) is 10.4 Å². The quantitative estimate of drug-likeness (QED) is 0.356. The lowest BCUT2D eigenvalue weighted by atomic mass is 9.97. The second-order valence-corrected chi connectivity index (χ2v) is 10.3. The topological polar surface area (TPSA) is 85.1 Å². The number of amidine groups is 1.